The van der Waals surface area contributed by atoms with Crippen molar-refractivity contribution < 1.29 is 18.8 Å². The zero-order valence-corrected chi connectivity index (χ0v) is 18.4. The zero-order valence-electron chi connectivity index (χ0n) is 17.6. The number of aryl methyl sites for hydroxylation is 1. The van der Waals surface area contributed by atoms with Gasteiger partial charge in [-0.1, -0.05) is 13.0 Å². The number of anilines is 1. The maximum absolute atomic E-state index is 11.1. The summed E-state index contributed by atoms with van der Waals surface area (Å²) in [7, 11) is -1.51. The highest BCUT2D eigenvalue weighted by molar-refractivity contribution is 7.82. The minimum absolute atomic E-state index is 0.385. The summed E-state index contributed by atoms with van der Waals surface area (Å²) in [5, 5.41) is 22.1. The number of benzene rings is 1. The number of primary amides is 1. The van der Waals surface area contributed by atoms with E-state index < -0.39 is 17.0 Å². The van der Waals surface area contributed by atoms with Crippen LogP contribution in [0.2, 0.25) is 0 Å². The number of nitrogens with one attached hydrogen (secondary N) is 1. The Morgan fingerprint density at radius 1 is 1.39 bits per heavy atom. The van der Waals surface area contributed by atoms with E-state index in [2.05, 4.69) is 23.4 Å². The third kappa shape index (κ3) is 4.32. The predicted molar refractivity (Wildman–Crippen MR) is 117 cm³/mol. The summed E-state index contributed by atoms with van der Waals surface area (Å²) in [5.74, 6) is 1.05. The van der Waals surface area contributed by atoms with Gasteiger partial charge in [0.25, 0.3) is 0 Å². The highest BCUT2D eigenvalue weighted by Crippen LogP contribution is 2.42. The first-order valence-electron chi connectivity index (χ1n) is 10.7. The van der Waals surface area contributed by atoms with Crippen molar-refractivity contribution in [1.82, 2.24) is 9.78 Å². The van der Waals surface area contributed by atoms with Crippen LogP contribution in [0.5, 0.6) is 5.88 Å². The van der Waals surface area contributed by atoms with Crippen LogP contribution in [0.15, 0.2) is 17.2 Å². The van der Waals surface area contributed by atoms with E-state index in [9.17, 15) is 14.1 Å². The average molecular weight is 448 g/mol. The van der Waals surface area contributed by atoms with E-state index >= 15 is 0 Å². The Kier molecular flexibility index (Phi) is 6.31. The Balaban J connectivity index is 0.000000152. The van der Waals surface area contributed by atoms with Crippen molar-refractivity contribution >= 4 is 22.7 Å². The van der Waals surface area contributed by atoms with Crippen molar-refractivity contribution in [3.63, 3.8) is 0 Å². The summed E-state index contributed by atoms with van der Waals surface area (Å²) in [6.07, 6.45) is 6.89. The van der Waals surface area contributed by atoms with Crippen molar-refractivity contribution in [3.8, 4) is 5.88 Å². The van der Waals surface area contributed by atoms with Crippen LogP contribution in [-0.4, -0.2) is 31.7 Å². The molecule has 10 heteroatoms. The Morgan fingerprint density at radius 2 is 2.19 bits per heavy atom. The Bertz CT molecular complexity index is 1020. The van der Waals surface area contributed by atoms with Crippen LogP contribution in [0.25, 0.3) is 0 Å². The van der Waals surface area contributed by atoms with Crippen molar-refractivity contribution in [1.29, 1.82) is 0 Å². The molecule has 0 spiro atoms. The van der Waals surface area contributed by atoms with Gasteiger partial charge in [-0.15, -0.1) is 0 Å². The molecule has 0 saturated carbocycles. The average Bonchev–Trinajstić information content (AvgIpc) is 3.46. The normalized spacial score (nSPS) is 21.8. The van der Waals surface area contributed by atoms with Gasteiger partial charge in [0.15, 0.2) is 0 Å². The number of aliphatic hydroxyl groups excluding tert-OH is 1. The van der Waals surface area contributed by atoms with Crippen LogP contribution in [0, 0.1) is 5.92 Å². The fourth-order valence-corrected chi connectivity index (χ4v) is 5.09. The molecule has 1 aliphatic heterocycles. The highest BCUT2D eigenvalue weighted by atomic mass is 32.2. The van der Waals surface area contributed by atoms with Gasteiger partial charge in [0.05, 0.1) is 25.5 Å². The topological polar surface area (TPSA) is 145 Å². The number of carbonyl (C=O) groups excluding carboxylic acids is 1. The lowest BCUT2D eigenvalue weighted by atomic mass is 9.98. The molecule has 5 rings (SSSR count). The number of nitrogens with two attached hydrogens (primary N) is 2. The molecule has 2 amide bonds. The molecule has 0 saturated heterocycles. The zero-order chi connectivity index (χ0) is 22.1. The highest BCUT2D eigenvalue weighted by Gasteiger charge is 2.29. The SMILES string of the molecule is CCC1COc2c(S(N)=O)cnn2C1.NC(=O)Nc1c2c(cc3c1CCC3O)CCC2. The molecule has 0 fully saturated rings. The van der Waals surface area contributed by atoms with Crippen LogP contribution < -0.4 is 20.9 Å². The molecule has 9 nitrogen and oxygen atoms in total. The molecule has 1 aromatic carbocycles. The fourth-order valence-electron chi connectivity index (χ4n) is 4.60. The number of amides is 2. The molecule has 2 aromatic rings. The molecule has 3 aliphatic rings. The van der Waals surface area contributed by atoms with E-state index in [0.717, 1.165) is 61.9 Å². The molecule has 0 bridgehead atoms. The summed E-state index contributed by atoms with van der Waals surface area (Å²) >= 11 is 0. The van der Waals surface area contributed by atoms with E-state index in [0.29, 0.717) is 23.3 Å². The molecule has 3 unspecified atom stereocenters. The molecule has 2 aliphatic carbocycles. The number of hydrogen-bond acceptors (Lipinski definition) is 5. The van der Waals surface area contributed by atoms with Crippen molar-refractivity contribution in [2.24, 2.45) is 16.8 Å². The van der Waals surface area contributed by atoms with E-state index in [1.54, 1.807) is 4.68 Å². The molecule has 0 radical (unpaired) electrons. The Morgan fingerprint density at radius 3 is 2.90 bits per heavy atom. The van der Waals surface area contributed by atoms with Gasteiger partial charge >= 0.3 is 6.03 Å². The second kappa shape index (κ2) is 8.97. The quantitative estimate of drug-likeness (QED) is 0.568. The second-order valence-corrected chi connectivity index (χ2v) is 9.27. The smallest absolute Gasteiger partial charge is 0.316 e. The maximum Gasteiger partial charge on any atom is 0.316 e. The van der Waals surface area contributed by atoms with Crippen molar-refractivity contribution in [2.75, 3.05) is 11.9 Å². The van der Waals surface area contributed by atoms with E-state index in [4.69, 9.17) is 15.6 Å². The molecule has 1 aromatic heterocycles. The summed E-state index contributed by atoms with van der Waals surface area (Å²) in [6, 6.07) is 1.59. The summed E-state index contributed by atoms with van der Waals surface area (Å²) in [6.45, 7) is 3.60. The summed E-state index contributed by atoms with van der Waals surface area (Å²) < 4.78 is 18.3. The molecule has 2 heterocycles. The van der Waals surface area contributed by atoms with Gasteiger partial charge in [-0.2, -0.15) is 5.10 Å². The number of ether oxygens (including phenoxy) is 1. The van der Waals surface area contributed by atoms with Gasteiger partial charge in [0, 0.05) is 11.6 Å². The van der Waals surface area contributed by atoms with Gasteiger partial charge in [0.2, 0.25) is 5.88 Å². The van der Waals surface area contributed by atoms with Crippen molar-refractivity contribution in [2.45, 2.75) is 63.0 Å². The largest absolute Gasteiger partial charge is 0.477 e. The third-order valence-corrected chi connectivity index (χ3v) is 6.97. The van der Waals surface area contributed by atoms with Gasteiger partial charge in [-0.3, -0.25) is 0 Å². The molecule has 6 N–H and O–H groups in total. The van der Waals surface area contributed by atoms with E-state index in [-0.39, 0.29) is 6.10 Å². The summed E-state index contributed by atoms with van der Waals surface area (Å²) in [4.78, 5) is 11.6. The van der Waals surface area contributed by atoms with E-state index in [1.807, 2.05) is 0 Å². The van der Waals surface area contributed by atoms with Gasteiger partial charge in [-0.25, -0.2) is 18.8 Å². The first-order valence-corrected chi connectivity index (χ1v) is 11.9. The second-order valence-electron chi connectivity index (χ2n) is 8.23. The minimum atomic E-state index is -1.51. The number of carbonyl (C=O) groups is 1. The fraction of sp³-hybridized carbons (Fsp3) is 0.524. The lowest BCUT2D eigenvalue weighted by Crippen LogP contribution is -2.25. The predicted octanol–water partition coefficient (Wildman–Crippen LogP) is 1.93. The lowest BCUT2D eigenvalue weighted by molar-refractivity contribution is 0.157. The van der Waals surface area contributed by atoms with Gasteiger partial charge in [0.1, 0.15) is 15.9 Å². The van der Waals surface area contributed by atoms with Crippen LogP contribution in [0.4, 0.5) is 10.5 Å². The summed E-state index contributed by atoms with van der Waals surface area (Å²) in [5.41, 5.74) is 10.6. The maximum atomic E-state index is 11.1. The third-order valence-electron chi connectivity index (χ3n) is 6.26. The Labute approximate surface area is 183 Å². The standard InChI is InChI=1S/C13H16N2O2.C8H13N3O2S/c14-13(17)15-12-8-3-1-2-7(8)6-10-9(12)4-5-11(10)16;1-2-6-4-11-8(13-5-6)7(3-10-11)14(9)12/h6,11,16H,1-5H2,(H3,14,15,17);3,6H,2,4-5,9H2,1H3. The van der Waals surface area contributed by atoms with Crippen LogP contribution >= 0.6 is 0 Å². The van der Waals surface area contributed by atoms with Gasteiger partial charge < -0.3 is 20.9 Å². The monoisotopic (exact) mass is 447 g/mol. The molecule has 31 heavy (non-hydrogen) atoms. The first-order chi connectivity index (χ1) is 14.9. The molecule has 168 valence electrons. The van der Waals surface area contributed by atoms with Crippen molar-refractivity contribution in [3.05, 3.63) is 34.5 Å². The van der Waals surface area contributed by atoms with Crippen LogP contribution in [0.1, 0.15) is 54.5 Å². The van der Waals surface area contributed by atoms with Crippen LogP contribution in [-0.2, 0) is 36.8 Å². The number of hydrogen-bond donors (Lipinski definition) is 4. The number of nitrogens with zero attached hydrogens (tertiary/aromatic N) is 2. The van der Waals surface area contributed by atoms with Gasteiger partial charge in [-0.05, 0) is 60.8 Å². The Hall–Kier alpha value is -2.43. The number of rotatable bonds is 3. The number of urea groups is 1. The van der Waals surface area contributed by atoms with E-state index in [1.165, 1.54) is 17.3 Å². The number of aromatic nitrogens is 2. The van der Waals surface area contributed by atoms with Crippen LogP contribution in [0.3, 0.4) is 0 Å². The molecular weight excluding hydrogens is 418 g/mol. The first kappa shape index (κ1) is 21.8. The minimum Gasteiger partial charge on any atom is -0.477 e. The molecular formula is C21H29N5O4S. The molecule has 3 atom stereocenters. The number of aliphatic hydroxyl groups is 1. The number of fused-ring (bicyclic) bond motifs is 3. The lowest BCUT2D eigenvalue weighted by Gasteiger charge is -2.23.